The van der Waals surface area contributed by atoms with Crippen LogP contribution in [0.25, 0.3) is 11.6 Å². The normalized spacial score (nSPS) is 17.8. The fourth-order valence-electron chi connectivity index (χ4n) is 2.16. The van der Waals surface area contributed by atoms with Crippen LogP contribution in [0.5, 0.6) is 0 Å². The average molecular weight is 226 g/mol. The third-order valence-electron chi connectivity index (χ3n) is 3.03. The second-order valence-corrected chi connectivity index (χ2v) is 4.26. The molecular weight excluding hydrogens is 212 g/mol. The molecule has 1 aliphatic heterocycles. The van der Waals surface area contributed by atoms with Crippen molar-refractivity contribution < 1.29 is 0 Å². The van der Waals surface area contributed by atoms with Crippen LogP contribution in [0, 0.1) is 0 Å². The third-order valence-corrected chi connectivity index (χ3v) is 3.03. The van der Waals surface area contributed by atoms with Crippen molar-refractivity contribution in [3.8, 4) is 0 Å². The minimum atomic E-state index is 0.923. The van der Waals surface area contributed by atoms with E-state index in [1.807, 2.05) is 22.9 Å². The maximum atomic E-state index is 4.13. The van der Waals surface area contributed by atoms with Crippen molar-refractivity contribution in [1.82, 2.24) is 20.2 Å². The van der Waals surface area contributed by atoms with Crippen molar-refractivity contribution >= 4 is 11.6 Å². The molecule has 0 atom stereocenters. The summed E-state index contributed by atoms with van der Waals surface area (Å²) < 4.78 is 1.90. The fourth-order valence-corrected chi connectivity index (χ4v) is 2.16. The predicted molar refractivity (Wildman–Crippen MR) is 66.0 cm³/mol. The lowest BCUT2D eigenvalue weighted by Crippen LogP contribution is -2.02. The molecule has 0 fully saturated rings. The molecule has 4 heteroatoms. The molecule has 0 bridgehead atoms. The molecule has 3 rings (SSSR count). The van der Waals surface area contributed by atoms with Gasteiger partial charge in [-0.1, -0.05) is 30.3 Å². The van der Waals surface area contributed by atoms with Gasteiger partial charge in [-0.05, 0) is 46.9 Å². The Kier molecular flexibility index (Phi) is 2.69. The van der Waals surface area contributed by atoms with E-state index in [1.54, 1.807) is 0 Å². The molecule has 0 radical (unpaired) electrons. The first-order chi connectivity index (χ1) is 8.43. The van der Waals surface area contributed by atoms with Crippen LogP contribution in [-0.4, -0.2) is 20.2 Å². The number of benzene rings is 1. The Morgan fingerprint density at radius 1 is 1.12 bits per heavy atom. The van der Waals surface area contributed by atoms with Crippen molar-refractivity contribution in [3.63, 3.8) is 0 Å². The molecule has 1 aromatic heterocycles. The van der Waals surface area contributed by atoms with Gasteiger partial charge in [-0.3, -0.25) is 0 Å². The van der Waals surface area contributed by atoms with E-state index >= 15 is 0 Å². The van der Waals surface area contributed by atoms with Crippen LogP contribution in [0.15, 0.2) is 30.3 Å². The quantitative estimate of drug-likeness (QED) is 0.750. The molecule has 1 aliphatic rings. The number of allylic oxidation sites excluding steroid dienone is 1. The van der Waals surface area contributed by atoms with Gasteiger partial charge in [0.2, 0.25) is 0 Å². The van der Waals surface area contributed by atoms with E-state index in [9.17, 15) is 0 Å². The van der Waals surface area contributed by atoms with Crippen LogP contribution in [0.2, 0.25) is 0 Å². The van der Waals surface area contributed by atoms with E-state index in [-0.39, 0.29) is 0 Å². The van der Waals surface area contributed by atoms with Gasteiger partial charge in [0.05, 0.1) is 0 Å². The lowest BCUT2D eigenvalue weighted by atomic mass is 10.1. The van der Waals surface area contributed by atoms with Gasteiger partial charge in [-0.25, -0.2) is 4.68 Å². The van der Waals surface area contributed by atoms with Gasteiger partial charge in [-0.15, -0.1) is 5.10 Å². The summed E-state index contributed by atoms with van der Waals surface area (Å²) >= 11 is 0. The molecule has 2 aromatic rings. The fraction of sp³-hybridized carbons (Fsp3) is 0.308. The largest absolute Gasteiger partial charge is 0.226 e. The number of tetrazole rings is 1. The summed E-state index contributed by atoms with van der Waals surface area (Å²) in [5.74, 6) is 0.923. The molecule has 0 N–H and O–H groups in total. The van der Waals surface area contributed by atoms with Gasteiger partial charge < -0.3 is 0 Å². The second kappa shape index (κ2) is 4.49. The Balaban J connectivity index is 2.01. The summed E-state index contributed by atoms with van der Waals surface area (Å²) in [5.41, 5.74) is 2.44. The molecule has 0 saturated carbocycles. The monoisotopic (exact) mass is 226 g/mol. The number of hydrogen-bond donors (Lipinski definition) is 0. The Bertz CT molecular complexity index is 527. The molecule has 86 valence electrons. The van der Waals surface area contributed by atoms with Crippen LogP contribution >= 0.6 is 0 Å². The van der Waals surface area contributed by atoms with Crippen molar-refractivity contribution in [2.75, 3.05) is 0 Å². The molecule has 0 spiro atoms. The standard InChI is InChI=1S/C13H14N4/c1-2-6-11(7-3-1)10-12-8-4-5-9-17-13(12)14-15-16-17/h1-3,6-7,10H,4-5,8-9H2/b12-10-. The van der Waals surface area contributed by atoms with E-state index in [0.29, 0.717) is 0 Å². The summed E-state index contributed by atoms with van der Waals surface area (Å²) in [6.07, 6.45) is 5.57. The maximum Gasteiger partial charge on any atom is 0.177 e. The van der Waals surface area contributed by atoms with Crippen LogP contribution in [0.1, 0.15) is 30.7 Å². The average Bonchev–Trinajstić information content (AvgIpc) is 2.75. The van der Waals surface area contributed by atoms with Crippen molar-refractivity contribution in [1.29, 1.82) is 0 Å². The van der Waals surface area contributed by atoms with E-state index in [4.69, 9.17) is 0 Å². The van der Waals surface area contributed by atoms with E-state index < -0.39 is 0 Å². The first kappa shape index (κ1) is 10.2. The highest BCUT2D eigenvalue weighted by molar-refractivity contribution is 5.78. The SMILES string of the molecule is C(=C1\CCCCn2nnnc21)/c1ccccc1. The zero-order valence-corrected chi connectivity index (χ0v) is 9.58. The third kappa shape index (κ3) is 2.11. The Morgan fingerprint density at radius 2 is 2.00 bits per heavy atom. The summed E-state index contributed by atoms with van der Waals surface area (Å²) in [6.45, 7) is 0.925. The lowest BCUT2D eigenvalue weighted by molar-refractivity contribution is 0.556. The van der Waals surface area contributed by atoms with Gasteiger partial charge in [0, 0.05) is 6.54 Å². The summed E-state index contributed by atoms with van der Waals surface area (Å²) in [6, 6.07) is 10.3. The van der Waals surface area contributed by atoms with Gasteiger partial charge >= 0.3 is 0 Å². The van der Waals surface area contributed by atoms with Crippen molar-refractivity contribution in [3.05, 3.63) is 41.7 Å². The minimum absolute atomic E-state index is 0.923. The summed E-state index contributed by atoms with van der Waals surface area (Å²) in [4.78, 5) is 0. The van der Waals surface area contributed by atoms with Gasteiger partial charge in [0.25, 0.3) is 0 Å². The maximum absolute atomic E-state index is 4.13. The molecule has 4 nitrogen and oxygen atoms in total. The van der Waals surface area contributed by atoms with Crippen LogP contribution in [-0.2, 0) is 6.54 Å². The van der Waals surface area contributed by atoms with Gasteiger partial charge in [0.1, 0.15) is 0 Å². The number of hydrogen-bond acceptors (Lipinski definition) is 3. The minimum Gasteiger partial charge on any atom is -0.226 e. The molecule has 17 heavy (non-hydrogen) atoms. The number of rotatable bonds is 1. The molecular formula is C13H14N4. The summed E-state index contributed by atoms with van der Waals surface area (Å²) in [7, 11) is 0. The number of fused-ring (bicyclic) bond motifs is 1. The predicted octanol–water partition coefficient (Wildman–Crippen LogP) is 2.40. The van der Waals surface area contributed by atoms with E-state index in [1.165, 1.54) is 17.6 Å². The lowest BCUT2D eigenvalue weighted by Gasteiger charge is -2.02. The number of aromatic nitrogens is 4. The van der Waals surface area contributed by atoms with E-state index in [2.05, 4.69) is 33.7 Å². The summed E-state index contributed by atoms with van der Waals surface area (Å²) in [5, 5.41) is 11.9. The Labute approximate surface area is 100.0 Å². The molecule has 0 amide bonds. The zero-order valence-electron chi connectivity index (χ0n) is 9.58. The highest BCUT2D eigenvalue weighted by Gasteiger charge is 2.15. The number of aryl methyl sites for hydroxylation is 1. The van der Waals surface area contributed by atoms with Crippen molar-refractivity contribution in [2.45, 2.75) is 25.8 Å². The first-order valence-corrected chi connectivity index (χ1v) is 5.96. The highest BCUT2D eigenvalue weighted by Crippen LogP contribution is 2.24. The number of nitrogens with zero attached hydrogens (tertiary/aromatic N) is 4. The zero-order chi connectivity index (χ0) is 11.5. The second-order valence-electron chi connectivity index (χ2n) is 4.26. The first-order valence-electron chi connectivity index (χ1n) is 5.96. The highest BCUT2D eigenvalue weighted by atomic mass is 15.5. The molecule has 2 heterocycles. The van der Waals surface area contributed by atoms with Crippen LogP contribution in [0.4, 0.5) is 0 Å². The molecule has 0 aliphatic carbocycles. The van der Waals surface area contributed by atoms with Crippen LogP contribution in [0.3, 0.4) is 0 Å². The smallest absolute Gasteiger partial charge is 0.177 e. The van der Waals surface area contributed by atoms with Crippen molar-refractivity contribution in [2.24, 2.45) is 0 Å². The van der Waals surface area contributed by atoms with Gasteiger partial charge in [0.15, 0.2) is 5.82 Å². The molecule has 0 unspecified atom stereocenters. The van der Waals surface area contributed by atoms with Crippen LogP contribution < -0.4 is 0 Å². The van der Waals surface area contributed by atoms with E-state index in [0.717, 1.165) is 25.2 Å². The molecule has 1 aromatic carbocycles. The van der Waals surface area contributed by atoms with Gasteiger partial charge in [-0.2, -0.15) is 0 Å². The Hall–Kier alpha value is -1.97. The topological polar surface area (TPSA) is 43.6 Å². The Morgan fingerprint density at radius 3 is 2.88 bits per heavy atom. The molecule has 0 saturated heterocycles.